The quantitative estimate of drug-likeness (QED) is 0.765. The van der Waals surface area contributed by atoms with Crippen LogP contribution in [0.15, 0.2) is 0 Å². The molecular weight excluding hydrogens is 222 g/mol. The fourth-order valence-corrected chi connectivity index (χ4v) is 4.07. The van der Waals surface area contributed by atoms with Crippen molar-refractivity contribution in [2.75, 3.05) is 18.8 Å². The van der Waals surface area contributed by atoms with E-state index in [-0.39, 0.29) is 0 Å². The van der Waals surface area contributed by atoms with Crippen LogP contribution in [0.1, 0.15) is 47.0 Å². The van der Waals surface area contributed by atoms with Crippen molar-refractivity contribution in [2.45, 2.75) is 47.0 Å². The van der Waals surface area contributed by atoms with Crippen molar-refractivity contribution in [3.05, 3.63) is 0 Å². The first-order valence-electron chi connectivity index (χ1n) is 6.22. The highest BCUT2D eigenvalue weighted by molar-refractivity contribution is 7.89. The van der Waals surface area contributed by atoms with Gasteiger partial charge in [0.15, 0.2) is 0 Å². The van der Waals surface area contributed by atoms with Gasteiger partial charge in [-0.2, -0.15) is 0 Å². The minimum atomic E-state index is -2.97. The molecule has 1 aliphatic rings. The van der Waals surface area contributed by atoms with E-state index in [4.69, 9.17) is 0 Å². The van der Waals surface area contributed by atoms with Gasteiger partial charge in [-0.1, -0.05) is 27.7 Å². The van der Waals surface area contributed by atoms with Crippen LogP contribution in [0.25, 0.3) is 0 Å². The second-order valence-electron chi connectivity index (χ2n) is 6.09. The third-order valence-corrected chi connectivity index (χ3v) is 5.05. The molecule has 0 bridgehead atoms. The first kappa shape index (κ1) is 14.0. The maximum atomic E-state index is 11.9. The first-order chi connectivity index (χ1) is 7.24. The van der Waals surface area contributed by atoms with Gasteiger partial charge < -0.3 is 0 Å². The molecule has 1 unspecified atom stereocenters. The maximum Gasteiger partial charge on any atom is 0.214 e. The van der Waals surface area contributed by atoms with Crippen LogP contribution in [0.5, 0.6) is 0 Å². The van der Waals surface area contributed by atoms with Crippen LogP contribution in [0, 0.1) is 11.3 Å². The maximum absolute atomic E-state index is 11.9. The highest BCUT2D eigenvalue weighted by atomic mass is 32.2. The molecule has 3 nitrogen and oxygen atoms in total. The smallest absolute Gasteiger partial charge is 0.212 e. The van der Waals surface area contributed by atoms with Crippen LogP contribution in [-0.4, -0.2) is 31.6 Å². The molecule has 0 spiro atoms. The summed E-state index contributed by atoms with van der Waals surface area (Å²) in [6.45, 7) is 10.0. The van der Waals surface area contributed by atoms with Crippen LogP contribution in [-0.2, 0) is 10.0 Å². The number of sulfonamides is 1. The van der Waals surface area contributed by atoms with E-state index in [1.165, 1.54) is 0 Å². The molecule has 1 rings (SSSR count). The molecule has 96 valence electrons. The summed E-state index contributed by atoms with van der Waals surface area (Å²) in [4.78, 5) is 0. The minimum Gasteiger partial charge on any atom is -0.212 e. The van der Waals surface area contributed by atoms with Gasteiger partial charge in [-0.15, -0.1) is 0 Å². The Morgan fingerprint density at radius 3 is 2.44 bits per heavy atom. The lowest BCUT2D eigenvalue weighted by atomic mass is 9.84. The number of hydrogen-bond acceptors (Lipinski definition) is 2. The predicted octanol–water partition coefficient (Wildman–Crippen LogP) is 2.48. The summed E-state index contributed by atoms with van der Waals surface area (Å²) in [6, 6.07) is 0. The standard InChI is InChI=1S/C12H25NO2S/c1-5-8-16(14,15)13-7-6-11(10-13)9-12(2,3)4/h11H,5-10H2,1-4H3. The summed E-state index contributed by atoms with van der Waals surface area (Å²) in [5, 5.41) is 0. The van der Waals surface area contributed by atoms with Crippen LogP contribution >= 0.6 is 0 Å². The molecule has 1 aliphatic heterocycles. The van der Waals surface area contributed by atoms with Crippen molar-refractivity contribution in [3.8, 4) is 0 Å². The predicted molar refractivity (Wildman–Crippen MR) is 67.8 cm³/mol. The Kier molecular flexibility index (Phi) is 4.41. The molecule has 1 atom stereocenters. The van der Waals surface area contributed by atoms with Crippen molar-refractivity contribution in [1.29, 1.82) is 0 Å². The van der Waals surface area contributed by atoms with Crippen molar-refractivity contribution in [2.24, 2.45) is 11.3 Å². The second kappa shape index (κ2) is 5.05. The Labute approximate surface area is 100 Å². The molecule has 1 saturated heterocycles. The van der Waals surface area contributed by atoms with Gasteiger partial charge in [0.05, 0.1) is 5.75 Å². The molecule has 16 heavy (non-hydrogen) atoms. The summed E-state index contributed by atoms with van der Waals surface area (Å²) >= 11 is 0. The van der Waals surface area contributed by atoms with Gasteiger partial charge in [-0.25, -0.2) is 12.7 Å². The van der Waals surface area contributed by atoms with E-state index in [0.717, 1.165) is 25.9 Å². The van der Waals surface area contributed by atoms with E-state index >= 15 is 0 Å². The number of hydrogen-bond donors (Lipinski definition) is 0. The van der Waals surface area contributed by atoms with Gasteiger partial charge in [0.2, 0.25) is 10.0 Å². The third kappa shape index (κ3) is 4.06. The van der Waals surface area contributed by atoms with Crippen LogP contribution < -0.4 is 0 Å². The average molecular weight is 247 g/mol. The van der Waals surface area contributed by atoms with Gasteiger partial charge in [-0.05, 0) is 30.6 Å². The normalized spacial score (nSPS) is 23.9. The Morgan fingerprint density at radius 2 is 1.94 bits per heavy atom. The number of rotatable bonds is 4. The lowest BCUT2D eigenvalue weighted by Crippen LogP contribution is -2.31. The molecule has 0 aromatic rings. The highest BCUT2D eigenvalue weighted by Crippen LogP contribution is 2.31. The van der Waals surface area contributed by atoms with Gasteiger partial charge in [0.1, 0.15) is 0 Å². The molecule has 0 radical (unpaired) electrons. The van der Waals surface area contributed by atoms with E-state index in [9.17, 15) is 8.42 Å². The van der Waals surface area contributed by atoms with Gasteiger partial charge >= 0.3 is 0 Å². The second-order valence-corrected chi connectivity index (χ2v) is 8.18. The molecule has 0 saturated carbocycles. The van der Waals surface area contributed by atoms with E-state index in [0.29, 0.717) is 23.5 Å². The summed E-state index contributed by atoms with van der Waals surface area (Å²) in [7, 11) is -2.97. The zero-order valence-electron chi connectivity index (χ0n) is 11.0. The average Bonchev–Trinajstić information content (AvgIpc) is 2.49. The molecule has 0 amide bonds. The summed E-state index contributed by atoms with van der Waals surface area (Å²) in [5.41, 5.74) is 0.301. The van der Waals surface area contributed by atoms with Gasteiger partial charge in [-0.3, -0.25) is 0 Å². The van der Waals surface area contributed by atoms with E-state index in [1.54, 1.807) is 4.31 Å². The fourth-order valence-electron chi connectivity index (χ4n) is 2.47. The summed E-state index contributed by atoms with van der Waals surface area (Å²) in [6.07, 6.45) is 2.86. The van der Waals surface area contributed by atoms with Crippen molar-refractivity contribution in [1.82, 2.24) is 4.31 Å². The number of nitrogens with zero attached hydrogens (tertiary/aromatic N) is 1. The molecule has 0 N–H and O–H groups in total. The van der Waals surface area contributed by atoms with Gasteiger partial charge in [0, 0.05) is 13.1 Å². The van der Waals surface area contributed by atoms with E-state index in [1.807, 2.05) is 6.92 Å². The molecule has 0 aromatic heterocycles. The summed E-state index contributed by atoms with van der Waals surface area (Å²) in [5.74, 6) is 0.849. The van der Waals surface area contributed by atoms with Crippen LogP contribution in [0.4, 0.5) is 0 Å². The lowest BCUT2D eigenvalue weighted by Gasteiger charge is -2.23. The Morgan fingerprint density at radius 1 is 1.31 bits per heavy atom. The first-order valence-corrected chi connectivity index (χ1v) is 7.83. The highest BCUT2D eigenvalue weighted by Gasteiger charge is 2.32. The molecule has 4 heteroatoms. The van der Waals surface area contributed by atoms with Crippen molar-refractivity contribution >= 4 is 10.0 Å². The topological polar surface area (TPSA) is 37.4 Å². The fraction of sp³-hybridized carbons (Fsp3) is 1.00. The molecule has 0 aliphatic carbocycles. The largest absolute Gasteiger partial charge is 0.214 e. The van der Waals surface area contributed by atoms with E-state index in [2.05, 4.69) is 20.8 Å². The summed E-state index contributed by atoms with van der Waals surface area (Å²) < 4.78 is 25.4. The Bertz CT molecular complexity index is 316. The third-order valence-electron chi connectivity index (χ3n) is 3.01. The van der Waals surface area contributed by atoms with E-state index < -0.39 is 10.0 Å². The van der Waals surface area contributed by atoms with Crippen LogP contribution in [0.2, 0.25) is 0 Å². The van der Waals surface area contributed by atoms with Crippen molar-refractivity contribution in [3.63, 3.8) is 0 Å². The zero-order valence-corrected chi connectivity index (χ0v) is 11.8. The SMILES string of the molecule is CCCS(=O)(=O)N1CCC(CC(C)(C)C)C1. The zero-order chi connectivity index (χ0) is 12.4. The molecule has 0 aromatic carbocycles. The molecule has 1 fully saturated rings. The molecular formula is C12H25NO2S. The monoisotopic (exact) mass is 247 g/mol. The Balaban J connectivity index is 2.53. The van der Waals surface area contributed by atoms with Crippen LogP contribution in [0.3, 0.4) is 0 Å². The molecule has 1 heterocycles. The van der Waals surface area contributed by atoms with Gasteiger partial charge in [0.25, 0.3) is 0 Å². The lowest BCUT2D eigenvalue weighted by molar-refractivity contribution is 0.299. The van der Waals surface area contributed by atoms with Crippen molar-refractivity contribution < 1.29 is 8.42 Å². The Hall–Kier alpha value is -0.0900. The minimum absolute atomic E-state index is 0.301.